The number of ether oxygens (including phenoxy) is 1. The second kappa shape index (κ2) is 4.76. The third-order valence-electron chi connectivity index (χ3n) is 3.28. The minimum atomic E-state index is 0.233. The van der Waals surface area contributed by atoms with Crippen molar-refractivity contribution in [3.63, 3.8) is 0 Å². The van der Waals surface area contributed by atoms with E-state index in [0.717, 1.165) is 27.1 Å². The van der Waals surface area contributed by atoms with E-state index in [1.165, 1.54) is 16.9 Å². The number of nitrogens with two attached hydrogens (primary N) is 1. The zero-order valence-electron chi connectivity index (χ0n) is 11.6. The molecule has 4 nitrogen and oxygen atoms in total. The fraction of sp³-hybridized carbons (Fsp3) is 0.200. The summed E-state index contributed by atoms with van der Waals surface area (Å²) in [6.07, 6.45) is 0. The van der Waals surface area contributed by atoms with Gasteiger partial charge in [-0.2, -0.15) is 4.98 Å². The van der Waals surface area contributed by atoms with Gasteiger partial charge < -0.3 is 10.5 Å². The molecule has 20 heavy (non-hydrogen) atoms. The van der Waals surface area contributed by atoms with Crippen LogP contribution in [0.4, 0.5) is 5.95 Å². The van der Waals surface area contributed by atoms with E-state index in [2.05, 4.69) is 23.0 Å². The van der Waals surface area contributed by atoms with E-state index < -0.39 is 0 Å². The predicted molar refractivity (Wildman–Crippen MR) is 82.6 cm³/mol. The summed E-state index contributed by atoms with van der Waals surface area (Å²) in [5.74, 6) is 1.56. The van der Waals surface area contributed by atoms with E-state index in [-0.39, 0.29) is 5.95 Å². The van der Waals surface area contributed by atoms with Gasteiger partial charge >= 0.3 is 0 Å². The third-order valence-corrected chi connectivity index (χ3v) is 4.08. The van der Waals surface area contributed by atoms with Crippen LogP contribution in [0, 0.1) is 20.8 Å². The lowest BCUT2D eigenvalue weighted by molar-refractivity contribution is 0.465. The highest BCUT2D eigenvalue weighted by Crippen LogP contribution is 2.33. The van der Waals surface area contributed by atoms with Crippen LogP contribution in [0.2, 0.25) is 0 Å². The second-order valence-electron chi connectivity index (χ2n) is 4.83. The maximum Gasteiger partial charge on any atom is 0.232 e. The van der Waals surface area contributed by atoms with Gasteiger partial charge in [0.15, 0.2) is 0 Å². The zero-order chi connectivity index (χ0) is 14.3. The van der Waals surface area contributed by atoms with Crippen LogP contribution >= 0.6 is 11.3 Å². The van der Waals surface area contributed by atoms with Crippen molar-refractivity contribution in [3.8, 4) is 11.6 Å². The Labute approximate surface area is 121 Å². The Morgan fingerprint density at radius 1 is 1.15 bits per heavy atom. The van der Waals surface area contributed by atoms with Crippen molar-refractivity contribution in [1.29, 1.82) is 0 Å². The monoisotopic (exact) mass is 285 g/mol. The number of nitrogens with zero attached hydrogens (tertiary/aromatic N) is 2. The average molecular weight is 285 g/mol. The Kier molecular flexibility index (Phi) is 3.06. The molecule has 0 radical (unpaired) electrons. The maximum atomic E-state index is 6.00. The Balaban J connectivity index is 2.12. The Morgan fingerprint density at radius 3 is 2.75 bits per heavy atom. The molecule has 0 fully saturated rings. The summed E-state index contributed by atoms with van der Waals surface area (Å²) in [5.41, 5.74) is 9.20. The number of aromatic nitrogens is 2. The molecule has 1 aromatic carbocycles. The van der Waals surface area contributed by atoms with Gasteiger partial charge in [0, 0.05) is 0 Å². The molecule has 102 valence electrons. The molecular weight excluding hydrogens is 270 g/mol. The molecule has 0 saturated heterocycles. The topological polar surface area (TPSA) is 61.0 Å². The van der Waals surface area contributed by atoms with Crippen LogP contribution in [-0.4, -0.2) is 9.97 Å². The van der Waals surface area contributed by atoms with Crippen LogP contribution in [0.25, 0.3) is 10.2 Å². The average Bonchev–Trinajstić information content (AvgIpc) is 2.83. The summed E-state index contributed by atoms with van der Waals surface area (Å²) in [6.45, 7) is 6.16. The number of benzene rings is 1. The summed E-state index contributed by atoms with van der Waals surface area (Å²) in [5, 5.41) is 2.85. The van der Waals surface area contributed by atoms with Crippen molar-refractivity contribution in [1.82, 2.24) is 9.97 Å². The standard InChI is InChI=1S/C15H15N3OS/c1-8-6-9(2)10(3)12(7-8)19-13-11-4-5-20-14(11)18-15(16)17-13/h4-7H,1-3H3,(H2,16,17,18). The number of aryl methyl sites for hydroxylation is 2. The lowest BCUT2D eigenvalue weighted by atomic mass is 10.1. The smallest absolute Gasteiger partial charge is 0.232 e. The number of anilines is 1. The van der Waals surface area contributed by atoms with Gasteiger partial charge in [-0.3, -0.25) is 0 Å². The van der Waals surface area contributed by atoms with Gasteiger partial charge in [-0.1, -0.05) is 6.07 Å². The highest BCUT2D eigenvalue weighted by atomic mass is 32.1. The lowest BCUT2D eigenvalue weighted by Gasteiger charge is -2.12. The predicted octanol–water partition coefficient (Wildman–Crippen LogP) is 3.99. The molecule has 0 amide bonds. The van der Waals surface area contributed by atoms with Crippen molar-refractivity contribution < 1.29 is 4.74 Å². The number of nitrogen functional groups attached to an aromatic ring is 1. The molecule has 0 unspecified atom stereocenters. The van der Waals surface area contributed by atoms with Crippen LogP contribution in [-0.2, 0) is 0 Å². The van der Waals surface area contributed by atoms with Crippen molar-refractivity contribution in [2.24, 2.45) is 0 Å². The first kappa shape index (κ1) is 12.9. The van der Waals surface area contributed by atoms with Gasteiger partial charge in [0.2, 0.25) is 11.8 Å². The van der Waals surface area contributed by atoms with Crippen molar-refractivity contribution in [2.75, 3.05) is 5.73 Å². The fourth-order valence-corrected chi connectivity index (χ4v) is 2.89. The van der Waals surface area contributed by atoms with Crippen molar-refractivity contribution in [2.45, 2.75) is 20.8 Å². The van der Waals surface area contributed by atoms with E-state index in [4.69, 9.17) is 10.5 Å². The molecule has 2 N–H and O–H groups in total. The number of rotatable bonds is 2. The molecular formula is C15H15N3OS. The van der Waals surface area contributed by atoms with E-state index in [1.54, 1.807) is 0 Å². The molecule has 0 aliphatic rings. The number of fused-ring (bicyclic) bond motifs is 1. The zero-order valence-corrected chi connectivity index (χ0v) is 12.4. The summed E-state index contributed by atoms with van der Waals surface area (Å²) in [4.78, 5) is 9.26. The molecule has 0 bridgehead atoms. The van der Waals surface area contributed by atoms with Crippen LogP contribution < -0.4 is 10.5 Å². The highest BCUT2D eigenvalue weighted by Gasteiger charge is 2.12. The SMILES string of the molecule is Cc1cc(C)c(C)c(Oc2nc(N)nc3sccc23)c1. The summed E-state index contributed by atoms with van der Waals surface area (Å²) >= 11 is 1.53. The molecule has 0 atom stereocenters. The van der Waals surface area contributed by atoms with E-state index in [0.29, 0.717) is 5.88 Å². The summed E-state index contributed by atoms with van der Waals surface area (Å²) in [7, 11) is 0. The van der Waals surface area contributed by atoms with E-state index >= 15 is 0 Å². The molecule has 3 aromatic rings. The van der Waals surface area contributed by atoms with Crippen LogP contribution in [0.3, 0.4) is 0 Å². The fourth-order valence-electron chi connectivity index (χ4n) is 2.13. The Morgan fingerprint density at radius 2 is 1.95 bits per heavy atom. The number of hydrogen-bond donors (Lipinski definition) is 1. The molecule has 0 spiro atoms. The first-order valence-corrected chi connectivity index (χ1v) is 7.19. The van der Waals surface area contributed by atoms with Gasteiger partial charge in [-0.15, -0.1) is 11.3 Å². The Hall–Kier alpha value is -2.14. The van der Waals surface area contributed by atoms with Gasteiger partial charge in [-0.05, 0) is 55.0 Å². The summed E-state index contributed by atoms with van der Waals surface area (Å²) < 4.78 is 6.00. The maximum absolute atomic E-state index is 6.00. The van der Waals surface area contributed by atoms with Gasteiger partial charge in [-0.25, -0.2) is 4.98 Å². The molecule has 2 aromatic heterocycles. The van der Waals surface area contributed by atoms with Crippen LogP contribution in [0.15, 0.2) is 23.6 Å². The van der Waals surface area contributed by atoms with Crippen molar-refractivity contribution in [3.05, 3.63) is 40.3 Å². The number of thiophene rings is 1. The molecule has 0 aliphatic carbocycles. The minimum Gasteiger partial charge on any atom is -0.438 e. The third kappa shape index (κ3) is 2.20. The van der Waals surface area contributed by atoms with Crippen LogP contribution in [0.5, 0.6) is 11.6 Å². The first-order chi connectivity index (χ1) is 9.54. The van der Waals surface area contributed by atoms with E-state index in [1.807, 2.05) is 31.4 Å². The Bertz CT molecular complexity index is 795. The van der Waals surface area contributed by atoms with Crippen LogP contribution in [0.1, 0.15) is 16.7 Å². The van der Waals surface area contributed by atoms with Gasteiger partial charge in [0.1, 0.15) is 10.6 Å². The van der Waals surface area contributed by atoms with Gasteiger partial charge in [0.25, 0.3) is 0 Å². The quantitative estimate of drug-likeness (QED) is 0.773. The highest BCUT2D eigenvalue weighted by molar-refractivity contribution is 7.16. The minimum absolute atomic E-state index is 0.233. The van der Waals surface area contributed by atoms with Gasteiger partial charge in [0.05, 0.1) is 5.39 Å². The normalized spacial score (nSPS) is 10.9. The first-order valence-electron chi connectivity index (χ1n) is 6.31. The molecule has 0 saturated carbocycles. The molecule has 5 heteroatoms. The second-order valence-corrected chi connectivity index (χ2v) is 5.73. The largest absolute Gasteiger partial charge is 0.438 e. The number of hydrogen-bond acceptors (Lipinski definition) is 5. The summed E-state index contributed by atoms with van der Waals surface area (Å²) in [6, 6.07) is 6.10. The lowest BCUT2D eigenvalue weighted by Crippen LogP contribution is -1.98. The molecule has 0 aliphatic heterocycles. The molecule has 2 heterocycles. The molecule has 3 rings (SSSR count). The van der Waals surface area contributed by atoms with E-state index in [9.17, 15) is 0 Å². The van der Waals surface area contributed by atoms with Crippen molar-refractivity contribution >= 4 is 27.5 Å².